The van der Waals surface area contributed by atoms with Crippen molar-refractivity contribution in [2.75, 3.05) is 6.54 Å². The van der Waals surface area contributed by atoms with Gasteiger partial charge in [0.05, 0.1) is 10.5 Å². The van der Waals surface area contributed by atoms with E-state index in [1.165, 1.54) is 6.07 Å². The summed E-state index contributed by atoms with van der Waals surface area (Å²) in [6.45, 7) is 0.720. The summed E-state index contributed by atoms with van der Waals surface area (Å²) < 4.78 is 6.32. The number of nitrogens with two attached hydrogens (primary N) is 1. The Morgan fingerprint density at radius 1 is 1.24 bits per heavy atom. The zero-order valence-corrected chi connectivity index (χ0v) is 12.9. The fourth-order valence-electron chi connectivity index (χ4n) is 1.95. The molecule has 0 amide bonds. The molecule has 0 unspecified atom stereocenters. The van der Waals surface area contributed by atoms with E-state index in [0.717, 1.165) is 12.0 Å². The van der Waals surface area contributed by atoms with Gasteiger partial charge in [-0.05, 0) is 42.8 Å². The van der Waals surface area contributed by atoms with Crippen LogP contribution in [0.5, 0.6) is 5.75 Å². The molecule has 0 fully saturated rings. The Bertz CT molecular complexity index is 647. The van der Waals surface area contributed by atoms with Gasteiger partial charge in [0, 0.05) is 10.5 Å². The predicted octanol–water partition coefficient (Wildman–Crippen LogP) is 3.44. The van der Waals surface area contributed by atoms with Gasteiger partial charge in [0.15, 0.2) is 0 Å². The fourth-order valence-corrected chi connectivity index (χ4v) is 2.30. The van der Waals surface area contributed by atoms with Gasteiger partial charge in [-0.25, -0.2) is 0 Å². The molecule has 2 aromatic carbocycles. The molecule has 2 rings (SSSR count). The number of nitro groups is 1. The number of hydrogen-bond donors (Lipinski definition) is 1. The van der Waals surface area contributed by atoms with Crippen LogP contribution in [0.4, 0.5) is 5.69 Å². The van der Waals surface area contributed by atoms with Crippen LogP contribution in [0.25, 0.3) is 0 Å². The molecular formula is C15H15BrN2O3. The van der Waals surface area contributed by atoms with Gasteiger partial charge in [0.1, 0.15) is 12.4 Å². The number of benzene rings is 2. The van der Waals surface area contributed by atoms with E-state index in [-0.39, 0.29) is 12.3 Å². The van der Waals surface area contributed by atoms with Crippen molar-refractivity contribution in [1.82, 2.24) is 0 Å². The van der Waals surface area contributed by atoms with Crippen LogP contribution < -0.4 is 10.5 Å². The van der Waals surface area contributed by atoms with Crippen molar-refractivity contribution in [2.45, 2.75) is 13.0 Å². The van der Waals surface area contributed by atoms with E-state index in [1.54, 1.807) is 12.1 Å². The Labute approximate surface area is 131 Å². The van der Waals surface area contributed by atoms with Gasteiger partial charge in [-0.1, -0.05) is 28.1 Å². The highest BCUT2D eigenvalue weighted by Gasteiger charge is 2.14. The van der Waals surface area contributed by atoms with Gasteiger partial charge in [-0.15, -0.1) is 0 Å². The summed E-state index contributed by atoms with van der Waals surface area (Å²) in [6, 6.07) is 12.5. The molecule has 110 valence electrons. The Hall–Kier alpha value is -1.92. The summed E-state index contributed by atoms with van der Waals surface area (Å²) in [5, 5.41) is 11.0. The molecule has 0 aliphatic heterocycles. The molecule has 6 heteroatoms. The molecule has 5 nitrogen and oxygen atoms in total. The minimum Gasteiger partial charge on any atom is -0.489 e. The smallest absolute Gasteiger partial charge is 0.277 e. The van der Waals surface area contributed by atoms with Crippen LogP contribution in [-0.2, 0) is 13.0 Å². The van der Waals surface area contributed by atoms with Crippen molar-refractivity contribution in [2.24, 2.45) is 5.73 Å². The maximum absolute atomic E-state index is 11.0. The summed E-state index contributed by atoms with van der Waals surface area (Å²) in [4.78, 5) is 10.6. The van der Waals surface area contributed by atoms with E-state index < -0.39 is 4.92 Å². The largest absolute Gasteiger partial charge is 0.489 e. The minimum absolute atomic E-state index is 0.0440. The van der Waals surface area contributed by atoms with Crippen LogP contribution in [0.3, 0.4) is 0 Å². The number of nitro benzene ring substituents is 1. The Balaban J connectivity index is 2.13. The van der Waals surface area contributed by atoms with Crippen molar-refractivity contribution < 1.29 is 9.66 Å². The van der Waals surface area contributed by atoms with Gasteiger partial charge >= 0.3 is 0 Å². The van der Waals surface area contributed by atoms with E-state index in [9.17, 15) is 10.1 Å². The van der Waals surface area contributed by atoms with E-state index in [4.69, 9.17) is 10.5 Å². The van der Waals surface area contributed by atoms with Gasteiger partial charge in [-0.2, -0.15) is 0 Å². The van der Waals surface area contributed by atoms with Crippen LogP contribution in [-0.4, -0.2) is 11.5 Å². The molecule has 2 N–H and O–H groups in total. The van der Waals surface area contributed by atoms with E-state index in [2.05, 4.69) is 15.9 Å². The normalized spacial score (nSPS) is 10.4. The molecule has 0 aromatic heterocycles. The average Bonchev–Trinajstić information content (AvgIpc) is 2.46. The first-order valence-corrected chi connectivity index (χ1v) is 7.24. The van der Waals surface area contributed by atoms with Crippen molar-refractivity contribution in [3.05, 3.63) is 68.2 Å². The second kappa shape index (κ2) is 7.19. The van der Waals surface area contributed by atoms with Crippen LogP contribution >= 0.6 is 15.9 Å². The molecule has 0 radical (unpaired) electrons. The highest BCUT2D eigenvalue weighted by molar-refractivity contribution is 9.10. The molecule has 21 heavy (non-hydrogen) atoms. The van der Waals surface area contributed by atoms with Crippen molar-refractivity contribution in [3.63, 3.8) is 0 Å². The van der Waals surface area contributed by atoms with Crippen molar-refractivity contribution >= 4 is 21.6 Å². The quantitative estimate of drug-likeness (QED) is 0.639. The zero-order chi connectivity index (χ0) is 15.2. The second-order valence-corrected chi connectivity index (χ2v) is 5.42. The molecule has 0 atom stereocenters. The van der Waals surface area contributed by atoms with E-state index in [1.807, 2.05) is 24.3 Å². The molecule has 2 aromatic rings. The summed E-state index contributed by atoms with van der Waals surface area (Å²) in [7, 11) is 0. The third-order valence-electron chi connectivity index (χ3n) is 2.97. The molecule has 0 spiro atoms. The molecule has 0 saturated heterocycles. The topological polar surface area (TPSA) is 78.4 Å². The number of rotatable bonds is 6. The fraction of sp³-hybridized carbons (Fsp3) is 0.200. The molecule has 0 aliphatic carbocycles. The number of ether oxygens (including phenoxy) is 1. The first-order chi connectivity index (χ1) is 10.1. The minimum atomic E-state index is -0.408. The number of hydrogen-bond acceptors (Lipinski definition) is 4. The predicted molar refractivity (Wildman–Crippen MR) is 84.3 cm³/mol. The Morgan fingerprint density at radius 3 is 2.76 bits per heavy atom. The molecular weight excluding hydrogens is 336 g/mol. The SMILES string of the molecule is NCCc1cccc(OCc2ccc(Br)cc2[N+](=O)[O-])c1. The van der Waals surface area contributed by atoms with Crippen LogP contribution in [0.15, 0.2) is 46.9 Å². The number of nitrogens with zero attached hydrogens (tertiary/aromatic N) is 1. The lowest BCUT2D eigenvalue weighted by molar-refractivity contribution is -0.385. The average molecular weight is 351 g/mol. The lowest BCUT2D eigenvalue weighted by Crippen LogP contribution is -2.03. The van der Waals surface area contributed by atoms with E-state index >= 15 is 0 Å². The van der Waals surface area contributed by atoms with Gasteiger partial charge in [0.25, 0.3) is 5.69 Å². The highest BCUT2D eigenvalue weighted by Crippen LogP contribution is 2.25. The lowest BCUT2D eigenvalue weighted by atomic mass is 10.1. The standard InChI is InChI=1S/C15H15BrN2O3/c16-13-5-4-12(15(9-13)18(19)20)10-21-14-3-1-2-11(8-14)6-7-17/h1-5,8-9H,6-7,10,17H2. The summed E-state index contributed by atoms with van der Waals surface area (Å²) in [6.07, 6.45) is 0.773. The van der Waals surface area contributed by atoms with Crippen LogP contribution in [0, 0.1) is 10.1 Å². The lowest BCUT2D eigenvalue weighted by Gasteiger charge is -2.08. The second-order valence-electron chi connectivity index (χ2n) is 4.50. The van der Waals surface area contributed by atoms with Crippen molar-refractivity contribution in [3.8, 4) is 5.75 Å². The third kappa shape index (κ3) is 4.27. The summed E-state index contributed by atoms with van der Waals surface area (Å²) >= 11 is 3.23. The molecule has 0 aliphatic rings. The molecule has 0 heterocycles. The zero-order valence-electron chi connectivity index (χ0n) is 11.3. The summed E-state index contributed by atoms with van der Waals surface area (Å²) in [5.74, 6) is 0.679. The van der Waals surface area contributed by atoms with Crippen LogP contribution in [0.2, 0.25) is 0 Å². The first kappa shape index (κ1) is 15.5. The highest BCUT2D eigenvalue weighted by atomic mass is 79.9. The monoisotopic (exact) mass is 350 g/mol. The Kier molecular flexibility index (Phi) is 5.30. The van der Waals surface area contributed by atoms with Gasteiger partial charge in [-0.3, -0.25) is 10.1 Å². The van der Waals surface area contributed by atoms with Gasteiger partial charge in [0.2, 0.25) is 0 Å². The molecule has 0 saturated carbocycles. The van der Waals surface area contributed by atoms with Crippen LogP contribution in [0.1, 0.15) is 11.1 Å². The van der Waals surface area contributed by atoms with E-state index in [0.29, 0.717) is 22.3 Å². The number of halogens is 1. The Morgan fingerprint density at radius 2 is 2.05 bits per heavy atom. The van der Waals surface area contributed by atoms with Crippen molar-refractivity contribution in [1.29, 1.82) is 0 Å². The third-order valence-corrected chi connectivity index (χ3v) is 3.46. The molecule has 0 bridgehead atoms. The summed E-state index contributed by atoms with van der Waals surface area (Å²) in [5.41, 5.74) is 7.18. The maximum atomic E-state index is 11.0. The van der Waals surface area contributed by atoms with Gasteiger partial charge < -0.3 is 10.5 Å². The first-order valence-electron chi connectivity index (χ1n) is 6.45. The maximum Gasteiger partial charge on any atom is 0.277 e.